The van der Waals surface area contributed by atoms with E-state index in [9.17, 15) is 4.39 Å². The molecule has 2 atom stereocenters. The van der Waals surface area contributed by atoms with Crippen LogP contribution in [0.3, 0.4) is 0 Å². The summed E-state index contributed by atoms with van der Waals surface area (Å²) in [5.74, 6) is -0.132. The quantitative estimate of drug-likeness (QED) is 0.674. The third kappa shape index (κ3) is 0.950. The highest BCUT2D eigenvalue weighted by atomic mass is 19.1. The molecule has 0 bridgehead atoms. The minimum Gasteiger partial charge on any atom is -0.327 e. The normalized spacial score (nSPS) is 33.4. The van der Waals surface area contributed by atoms with Crippen molar-refractivity contribution in [3.63, 3.8) is 0 Å². The van der Waals surface area contributed by atoms with Gasteiger partial charge in [-0.2, -0.15) is 0 Å². The maximum atomic E-state index is 13.2. The molecule has 1 aliphatic carbocycles. The first-order valence-corrected chi connectivity index (χ1v) is 4.15. The number of nitrogens with two attached hydrogens (primary N) is 1. The van der Waals surface area contributed by atoms with Crippen molar-refractivity contribution in [2.75, 3.05) is 0 Å². The maximum absolute atomic E-state index is 13.2. The van der Waals surface area contributed by atoms with Crippen molar-refractivity contribution in [3.8, 4) is 0 Å². The molecule has 2 N–H and O–H groups in total. The third-order valence-corrected chi connectivity index (χ3v) is 2.79. The summed E-state index contributed by atoms with van der Waals surface area (Å²) in [6.45, 7) is 2.01. The summed E-state index contributed by atoms with van der Waals surface area (Å²) in [6.07, 6.45) is 0.897. The van der Waals surface area contributed by atoms with Gasteiger partial charge in [-0.15, -0.1) is 0 Å². The topological polar surface area (TPSA) is 26.0 Å². The van der Waals surface area contributed by atoms with Gasteiger partial charge in [-0.3, -0.25) is 0 Å². The molecule has 0 aliphatic heterocycles. The van der Waals surface area contributed by atoms with Gasteiger partial charge in [0.25, 0.3) is 0 Å². The lowest BCUT2D eigenvalue weighted by atomic mass is 9.97. The molecule has 0 aromatic heterocycles. The Morgan fingerprint density at radius 1 is 1.50 bits per heavy atom. The second-order valence-corrected chi connectivity index (χ2v) is 3.71. The Labute approximate surface area is 71.4 Å². The Bertz CT molecular complexity index is 310. The lowest BCUT2D eigenvalue weighted by Crippen LogP contribution is -2.15. The molecular weight excluding hydrogens is 153 g/mol. The molecule has 2 rings (SSSR count). The second-order valence-electron chi connectivity index (χ2n) is 3.71. The molecule has 1 fully saturated rings. The van der Waals surface area contributed by atoms with Crippen LogP contribution in [0.2, 0.25) is 0 Å². The summed E-state index contributed by atoms with van der Waals surface area (Å²) in [4.78, 5) is 0. The van der Waals surface area contributed by atoms with Crippen molar-refractivity contribution in [2.24, 2.45) is 5.73 Å². The van der Waals surface area contributed by atoms with E-state index in [2.05, 4.69) is 0 Å². The molecule has 1 nitrogen and oxygen atoms in total. The van der Waals surface area contributed by atoms with E-state index in [0.717, 1.165) is 12.0 Å². The average molecular weight is 165 g/mol. The number of halogens is 1. The van der Waals surface area contributed by atoms with E-state index < -0.39 is 0 Å². The van der Waals surface area contributed by atoms with Gasteiger partial charge < -0.3 is 5.73 Å². The minimum absolute atomic E-state index is 0.106. The van der Waals surface area contributed by atoms with Crippen LogP contribution in [0.25, 0.3) is 0 Å². The Morgan fingerprint density at radius 2 is 2.08 bits per heavy atom. The van der Waals surface area contributed by atoms with Gasteiger partial charge in [0, 0.05) is 11.5 Å². The molecule has 1 saturated carbocycles. The summed E-state index contributed by atoms with van der Waals surface area (Å²) in [5, 5.41) is 0. The van der Waals surface area contributed by atoms with Crippen LogP contribution in [0.5, 0.6) is 0 Å². The van der Waals surface area contributed by atoms with Crippen molar-refractivity contribution < 1.29 is 4.39 Å². The van der Waals surface area contributed by atoms with E-state index in [-0.39, 0.29) is 17.3 Å². The van der Waals surface area contributed by atoms with Crippen molar-refractivity contribution in [1.29, 1.82) is 0 Å². The lowest BCUT2D eigenvalue weighted by Gasteiger charge is -2.10. The largest absolute Gasteiger partial charge is 0.327 e. The fourth-order valence-corrected chi connectivity index (χ4v) is 1.63. The number of rotatable bonds is 1. The summed E-state index contributed by atoms with van der Waals surface area (Å²) in [7, 11) is 0. The lowest BCUT2D eigenvalue weighted by molar-refractivity contribution is 0.580. The molecule has 64 valence electrons. The molecule has 12 heavy (non-hydrogen) atoms. The van der Waals surface area contributed by atoms with Gasteiger partial charge in [0.05, 0.1) is 0 Å². The zero-order valence-electron chi connectivity index (χ0n) is 7.05. The first-order valence-electron chi connectivity index (χ1n) is 4.15. The second kappa shape index (κ2) is 2.30. The molecule has 2 heteroatoms. The molecule has 1 aliphatic rings. The first-order chi connectivity index (χ1) is 5.64. The van der Waals surface area contributed by atoms with E-state index in [4.69, 9.17) is 5.73 Å². The third-order valence-electron chi connectivity index (χ3n) is 2.79. The van der Waals surface area contributed by atoms with Crippen molar-refractivity contribution in [3.05, 3.63) is 35.6 Å². The van der Waals surface area contributed by atoms with Gasteiger partial charge in [-0.25, -0.2) is 4.39 Å². The average Bonchev–Trinajstić information content (AvgIpc) is 2.61. The molecule has 1 aromatic carbocycles. The van der Waals surface area contributed by atoms with Crippen molar-refractivity contribution in [2.45, 2.75) is 24.8 Å². The monoisotopic (exact) mass is 165 g/mol. The van der Waals surface area contributed by atoms with Crippen LogP contribution in [0, 0.1) is 5.82 Å². The van der Waals surface area contributed by atoms with E-state index in [1.54, 1.807) is 6.07 Å². The maximum Gasteiger partial charge on any atom is 0.127 e. The summed E-state index contributed by atoms with van der Waals surface area (Å²) >= 11 is 0. The Kier molecular flexibility index (Phi) is 1.48. The van der Waals surface area contributed by atoms with Gasteiger partial charge in [-0.1, -0.05) is 25.1 Å². The van der Waals surface area contributed by atoms with Gasteiger partial charge >= 0.3 is 0 Å². The summed E-state index contributed by atoms with van der Waals surface area (Å²) in [6, 6.07) is 7.01. The summed E-state index contributed by atoms with van der Waals surface area (Å²) in [5.41, 5.74) is 6.39. The fraction of sp³-hybridized carbons (Fsp3) is 0.400. The van der Waals surface area contributed by atoms with Crippen LogP contribution in [-0.2, 0) is 5.41 Å². The molecular formula is C10H12FN. The van der Waals surface area contributed by atoms with Crippen LogP contribution in [0.15, 0.2) is 24.3 Å². The highest BCUT2D eigenvalue weighted by Gasteiger charge is 2.50. The molecule has 0 saturated heterocycles. The number of hydrogen-bond acceptors (Lipinski definition) is 1. The fourth-order valence-electron chi connectivity index (χ4n) is 1.63. The van der Waals surface area contributed by atoms with Crippen LogP contribution >= 0.6 is 0 Å². The van der Waals surface area contributed by atoms with E-state index in [1.807, 2.05) is 19.1 Å². The summed E-state index contributed by atoms with van der Waals surface area (Å²) < 4.78 is 13.2. The van der Waals surface area contributed by atoms with Crippen molar-refractivity contribution in [1.82, 2.24) is 0 Å². The zero-order chi connectivity index (χ0) is 8.77. The highest BCUT2D eigenvalue weighted by Crippen LogP contribution is 2.47. The molecule has 1 aromatic rings. The van der Waals surface area contributed by atoms with Crippen LogP contribution in [0.1, 0.15) is 18.9 Å². The SMILES string of the molecule is CC1(c2ccccc2F)C[C@H]1N. The predicted octanol–water partition coefficient (Wildman–Crippen LogP) is 1.81. The Balaban J connectivity index is 2.41. The standard InChI is InChI=1S/C10H12FN/c1-10(6-9(10)12)7-4-2-3-5-8(7)11/h2-5,9H,6,12H2,1H3/t9-,10?/m1/s1. The van der Waals surface area contributed by atoms with E-state index in [0.29, 0.717) is 0 Å². The van der Waals surface area contributed by atoms with Crippen LogP contribution in [0.4, 0.5) is 4.39 Å². The van der Waals surface area contributed by atoms with E-state index in [1.165, 1.54) is 6.07 Å². The number of hydrogen-bond donors (Lipinski definition) is 1. The van der Waals surface area contributed by atoms with Gasteiger partial charge in [0.15, 0.2) is 0 Å². The van der Waals surface area contributed by atoms with Crippen molar-refractivity contribution >= 4 is 0 Å². The number of benzene rings is 1. The molecule has 1 unspecified atom stereocenters. The molecule has 0 amide bonds. The van der Waals surface area contributed by atoms with E-state index >= 15 is 0 Å². The highest BCUT2D eigenvalue weighted by molar-refractivity contribution is 5.35. The van der Waals surface area contributed by atoms with Gasteiger partial charge in [-0.05, 0) is 18.1 Å². The Morgan fingerprint density at radius 3 is 2.58 bits per heavy atom. The smallest absolute Gasteiger partial charge is 0.127 e. The van der Waals surface area contributed by atoms with Gasteiger partial charge in [0.1, 0.15) is 5.82 Å². The van der Waals surface area contributed by atoms with Gasteiger partial charge in [0.2, 0.25) is 0 Å². The molecule has 0 spiro atoms. The predicted molar refractivity (Wildman–Crippen MR) is 46.3 cm³/mol. The Hall–Kier alpha value is -0.890. The first kappa shape index (κ1) is 7.74. The molecule has 0 radical (unpaired) electrons. The van der Waals surface area contributed by atoms with Crippen LogP contribution in [-0.4, -0.2) is 6.04 Å². The molecule has 0 heterocycles. The minimum atomic E-state index is -0.132. The van der Waals surface area contributed by atoms with Crippen LogP contribution < -0.4 is 5.73 Å². The zero-order valence-corrected chi connectivity index (χ0v) is 7.05.